The molecule has 2 aliphatic rings. The smallest absolute Gasteiger partial charge is 0.301 e. The van der Waals surface area contributed by atoms with E-state index in [1.807, 2.05) is 6.92 Å². The van der Waals surface area contributed by atoms with Gasteiger partial charge in [0.15, 0.2) is 28.1 Å². The molecule has 0 spiro atoms. The average Bonchev–Trinajstić information content (AvgIpc) is 3.56. The number of ether oxygens (including phenoxy) is 4. The lowest BCUT2D eigenvalue weighted by Gasteiger charge is -2.24. The Bertz CT molecular complexity index is 1770. The van der Waals surface area contributed by atoms with Gasteiger partial charge in [-0.2, -0.15) is 0 Å². The third-order valence-electron chi connectivity index (χ3n) is 7.39. The van der Waals surface area contributed by atoms with E-state index < -0.39 is 23.5 Å². The molecule has 1 N–H and O–H groups in total. The number of hydrogen-bond donors (Lipinski definition) is 1. The Labute approximate surface area is 257 Å². The number of aromatic nitrogens is 1. The van der Waals surface area contributed by atoms with Gasteiger partial charge in [0.2, 0.25) is 0 Å². The normalized spacial score (nSPS) is 17.3. The van der Waals surface area contributed by atoms with Crippen molar-refractivity contribution in [3.05, 3.63) is 77.1 Å². The first-order valence-corrected chi connectivity index (χ1v) is 15.4. The number of ketones is 1. The second-order valence-corrected chi connectivity index (χ2v) is 11.3. The third-order valence-corrected chi connectivity index (χ3v) is 8.41. The fourth-order valence-corrected chi connectivity index (χ4v) is 6.31. The molecule has 1 saturated heterocycles. The number of rotatable bonds is 10. The highest BCUT2D eigenvalue weighted by Crippen LogP contribution is 2.46. The molecule has 0 saturated carbocycles. The van der Waals surface area contributed by atoms with Crippen molar-refractivity contribution in [3.8, 4) is 23.0 Å². The minimum atomic E-state index is -1.07. The molecule has 1 amide bonds. The number of fused-ring (bicyclic) bond motifs is 2. The molecule has 0 aliphatic carbocycles. The average molecular weight is 619 g/mol. The molecule has 9 nitrogen and oxygen atoms in total. The number of unbranched alkanes of at least 4 members (excludes halogenated alkanes) is 2. The van der Waals surface area contributed by atoms with E-state index in [1.54, 1.807) is 36.4 Å². The number of aliphatic hydroxyl groups is 1. The van der Waals surface area contributed by atoms with Gasteiger partial charge in [-0.1, -0.05) is 37.2 Å². The Morgan fingerprint density at radius 3 is 2.61 bits per heavy atom. The van der Waals surface area contributed by atoms with Crippen LogP contribution in [0.1, 0.15) is 50.3 Å². The molecular weight excluding hydrogens is 587 g/mol. The van der Waals surface area contributed by atoms with E-state index in [0.717, 1.165) is 30.6 Å². The number of amides is 1. The van der Waals surface area contributed by atoms with Crippen molar-refractivity contribution >= 4 is 44.1 Å². The predicted molar refractivity (Wildman–Crippen MR) is 164 cm³/mol. The molecule has 1 unspecified atom stereocenters. The number of benzene rings is 3. The molecule has 6 rings (SSSR count). The monoisotopic (exact) mass is 618 g/mol. The van der Waals surface area contributed by atoms with E-state index in [0.29, 0.717) is 65.2 Å². The van der Waals surface area contributed by atoms with Gasteiger partial charge in [-0.05, 0) is 67.4 Å². The quantitative estimate of drug-likeness (QED) is 0.0895. The van der Waals surface area contributed by atoms with Gasteiger partial charge in [0.05, 0.1) is 35.0 Å². The van der Waals surface area contributed by atoms with Crippen LogP contribution in [-0.4, -0.2) is 48.2 Å². The first-order valence-electron chi connectivity index (χ1n) is 14.6. The van der Waals surface area contributed by atoms with Crippen LogP contribution in [0.3, 0.4) is 0 Å². The van der Waals surface area contributed by atoms with Gasteiger partial charge in [-0.3, -0.25) is 14.5 Å². The number of hydrogen-bond acceptors (Lipinski definition) is 9. The number of nitrogens with zero attached hydrogens (tertiary/aromatic N) is 2. The van der Waals surface area contributed by atoms with Gasteiger partial charge in [0.25, 0.3) is 5.78 Å². The summed E-state index contributed by atoms with van der Waals surface area (Å²) in [5.74, 6) is -0.663. The molecule has 228 valence electrons. The van der Waals surface area contributed by atoms with Crippen molar-refractivity contribution in [1.82, 2.24) is 4.98 Å². The standard InChI is InChI=1S/C33H31FN2O7S/c1-3-5-6-13-41-23-11-7-19(16-25(23)40-4-2)29-28(30(37)20-8-12-24-26(17-20)43-15-14-42-24)31(38)32(39)36(29)33-35-22-10-9-21(34)18-27(22)44-33/h7-12,16-18,29,37H,3-6,13-15H2,1-2H3/b30-28+. The van der Waals surface area contributed by atoms with E-state index in [2.05, 4.69) is 11.9 Å². The van der Waals surface area contributed by atoms with Crippen molar-refractivity contribution in [3.63, 3.8) is 0 Å². The highest BCUT2D eigenvalue weighted by Gasteiger charge is 2.48. The van der Waals surface area contributed by atoms with Gasteiger partial charge in [0.1, 0.15) is 24.8 Å². The summed E-state index contributed by atoms with van der Waals surface area (Å²) >= 11 is 1.08. The zero-order chi connectivity index (χ0) is 30.8. The molecule has 4 aromatic rings. The van der Waals surface area contributed by atoms with Crippen molar-refractivity contribution in [2.75, 3.05) is 31.3 Å². The predicted octanol–water partition coefficient (Wildman–Crippen LogP) is 6.80. The van der Waals surface area contributed by atoms with E-state index in [9.17, 15) is 19.1 Å². The summed E-state index contributed by atoms with van der Waals surface area (Å²) in [7, 11) is 0. The number of aliphatic hydroxyl groups excluding tert-OH is 1. The molecular formula is C33H31FN2O7S. The summed E-state index contributed by atoms with van der Waals surface area (Å²) in [6, 6.07) is 13.1. The lowest BCUT2D eigenvalue weighted by molar-refractivity contribution is -0.132. The van der Waals surface area contributed by atoms with Crippen molar-refractivity contribution in [2.24, 2.45) is 0 Å². The van der Waals surface area contributed by atoms with Gasteiger partial charge < -0.3 is 24.1 Å². The van der Waals surface area contributed by atoms with Crippen LogP contribution in [0.15, 0.2) is 60.2 Å². The number of carbonyl (C=O) groups excluding carboxylic acids is 2. The maximum atomic E-state index is 14.0. The Balaban J connectivity index is 1.49. The highest BCUT2D eigenvalue weighted by atomic mass is 32.1. The topological polar surface area (TPSA) is 107 Å². The summed E-state index contributed by atoms with van der Waals surface area (Å²) < 4.78 is 37.7. The van der Waals surface area contributed by atoms with E-state index >= 15 is 0 Å². The molecule has 2 aliphatic heterocycles. The Morgan fingerprint density at radius 1 is 1.00 bits per heavy atom. The number of anilines is 1. The highest BCUT2D eigenvalue weighted by molar-refractivity contribution is 7.22. The molecule has 0 radical (unpaired) electrons. The van der Waals surface area contributed by atoms with Crippen molar-refractivity contribution < 1.29 is 38.0 Å². The molecule has 3 heterocycles. The molecule has 44 heavy (non-hydrogen) atoms. The molecule has 1 aromatic heterocycles. The van der Waals surface area contributed by atoms with Crippen LogP contribution in [-0.2, 0) is 9.59 Å². The maximum absolute atomic E-state index is 14.0. The number of carbonyl (C=O) groups is 2. The summed E-state index contributed by atoms with van der Waals surface area (Å²) in [4.78, 5) is 33.3. The fourth-order valence-electron chi connectivity index (χ4n) is 5.30. The lowest BCUT2D eigenvalue weighted by atomic mass is 9.95. The summed E-state index contributed by atoms with van der Waals surface area (Å²) in [6.07, 6.45) is 2.97. The van der Waals surface area contributed by atoms with Crippen LogP contribution < -0.4 is 23.8 Å². The largest absolute Gasteiger partial charge is 0.507 e. The van der Waals surface area contributed by atoms with Crippen molar-refractivity contribution in [2.45, 2.75) is 39.2 Å². The van der Waals surface area contributed by atoms with Crippen LogP contribution >= 0.6 is 11.3 Å². The third kappa shape index (κ3) is 5.55. The Hall–Kier alpha value is -4.64. The summed E-state index contributed by atoms with van der Waals surface area (Å²) in [6.45, 7) is 5.57. The SMILES string of the molecule is CCCCCOc1ccc(C2/C(=C(\O)c3ccc4c(c3)OCCO4)C(=O)C(=O)N2c2nc3ccc(F)cc3s2)cc1OCC. The van der Waals surface area contributed by atoms with Gasteiger partial charge in [-0.25, -0.2) is 9.37 Å². The van der Waals surface area contributed by atoms with Crippen LogP contribution in [0, 0.1) is 5.82 Å². The van der Waals surface area contributed by atoms with Gasteiger partial charge in [-0.15, -0.1) is 0 Å². The minimum absolute atomic E-state index is 0.129. The lowest BCUT2D eigenvalue weighted by Crippen LogP contribution is -2.29. The van der Waals surface area contributed by atoms with Crippen LogP contribution in [0.2, 0.25) is 0 Å². The van der Waals surface area contributed by atoms with E-state index in [4.69, 9.17) is 18.9 Å². The van der Waals surface area contributed by atoms with Gasteiger partial charge in [0, 0.05) is 5.56 Å². The van der Waals surface area contributed by atoms with Crippen LogP contribution in [0.5, 0.6) is 23.0 Å². The Morgan fingerprint density at radius 2 is 1.82 bits per heavy atom. The summed E-state index contributed by atoms with van der Waals surface area (Å²) in [5, 5.41) is 11.8. The molecule has 3 aromatic carbocycles. The van der Waals surface area contributed by atoms with Crippen LogP contribution in [0.4, 0.5) is 9.52 Å². The second-order valence-electron chi connectivity index (χ2n) is 10.3. The zero-order valence-electron chi connectivity index (χ0n) is 24.3. The minimum Gasteiger partial charge on any atom is -0.507 e. The first-order chi connectivity index (χ1) is 21.4. The van der Waals surface area contributed by atoms with E-state index in [-0.39, 0.29) is 22.0 Å². The maximum Gasteiger partial charge on any atom is 0.301 e. The molecule has 1 atom stereocenters. The first kappa shape index (κ1) is 29.4. The summed E-state index contributed by atoms with van der Waals surface area (Å²) in [5.41, 5.74) is 1.13. The molecule has 11 heteroatoms. The zero-order valence-corrected chi connectivity index (χ0v) is 25.1. The molecule has 1 fully saturated rings. The van der Waals surface area contributed by atoms with Crippen molar-refractivity contribution in [1.29, 1.82) is 0 Å². The van der Waals surface area contributed by atoms with Crippen LogP contribution in [0.25, 0.3) is 16.0 Å². The second kappa shape index (κ2) is 12.5. The number of halogens is 1. The Kier molecular flexibility index (Phi) is 8.38. The van der Waals surface area contributed by atoms with Gasteiger partial charge >= 0.3 is 5.91 Å². The number of Topliss-reactive ketones (excluding diaryl/α,β-unsaturated/α-hetero) is 1. The van der Waals surface area contributed by atoms with E-state index in [1.165, 1.54) is 23.1 Å². The number of thiazole rings is 1. The fraction of sp³-hybridized carbons (Fsp3) is 0.303. The molecule has 0 bridgehead atoms.